The van der Waals surface area contributed by atoms with Crippen LogP contribution in [0.3, 0.4) is 0 Å². The minimum absolute atomic E-state index is 0.0600. The van der Waals surface area contributed by atoms with Crippen molar-refractivity contribution in [3.05, 3.63) is 46.9 Å². The highest BCUT2D eigenvalue weighted by atomic mass is 35.5. The lowest BCUT2D eigenvalue weighted by atomic mass is 10.2. The molecule has 17 heavy (non-hydrogen) atoms. The fourth-order valence-corrected chi connectivity index (χ4v) is 1.88. The second-order valence-corrected chi connectivity index (χ2v) is 4.46. The first-order valence-corrected chi connectivity index (χ1v) is 5.82. The summed E-state index contributed by atoms with van der Waals surface area (Å²) >= 11 is 6.09. The molecule has 1 unspecified atom stereocenters. The van der Waals surface area contributed by atoms with Gasteiger partial charge in [-0.2, -0.15) is 0 Å². The van der Waals surface area contributed by atoms with E-state index in [9.17, 15) is 0 Å². The number of aryl methyl sites for hydroxylation is 1. The molecule has 0 spiro atoms. The van der Waals surface area contributed by atoms with Crippen molar-refractivity contribution in [3.8, 4) is 0 Å². The molecule has 1 aromatic heterocycles. The molecule has 2 aromatic rings. The van der Waals surface area contributed by atoms with Crippen molar-refractivity contribution in [2.24, 2.45) is 0 Å². The molecule has 1 heterocycles. The second kappa shape index (κ2) is 4.72. The summed E-state index contributed by atoms with van der Waals surface area (Å²) in [6.45, 7) is 3.94. The van der Waals surface area contributed by atoms with Gasteiger partial charge in [-0.05, 0) is 44.2 Å². The fraction of sp³-hybridized carbons (Fsp3) is 0.231. The first-order chi connectivity index (χ1) is 8.06. The highest BCUT2D eigenvalue weighted by Gasteiger charge is 2.10. The van der Waals surface area contributed by atoms with Crippen LogP contribution in [0.2, 0.25) is 5.02 Å². The van der Waals surface area contributed by atoms with Crippen molar-refractivity contribution in [1.82, 2.24) is 0 Å². The van der Waals surface area contributed by atoms with Crippen LogP contribution in [-0.2, 0) is 0 Å². The summed E-state index contributed by atoms with van der Waals surface area (Å²) in [5, 5.41) is 3.90. The Hall–Kier alpha value is -1.61. The van der Waals surface area contributed by atoms with E-state index in [0.29, 0.717) is 10.7 Å². The number of nitrogens with one attached hydrogen (secondary N) is 1. The maximum atomic E-state index is 6.09. The zero-order valence-corrected chi connectivity index (χ0v) is 10.6. The van der Waals surface area contributed by atoms with Crippen molar-refractivity contribution in [2.75, 3.05) is 11.1 Å². The van der Waals surface area contributed by atoms with Crippen LogP contribution in [0.15, 0.2) is 34.7 Å². The van der Waals surface area contributed by atoms with Gasteiger partial charge < -0.3 is 15.5 Å². The monoisotopic (exact) mass is 250 g/mol. The van der Waals surface area contributed by atoms with Gasteiger partial charge in [0.1, 0.15) is 11.5 Å². The molecule has 0 fully saturated rings. The van der Waals surface area contributed by atoms with Gasteiger partial charge in [-0.3, -0.25) is 0 Å². The number of anilines is 2. The van der Waals surface area contributed by atoms with Crippen molar-refractivity contribution in [3.63, 3.8) is 0 Å². The van der Waals surface area contributed by atoms with Crippen molar-refractivity contribution in [1.29, 1.82) is 0 Å². The molecule has 4 heteroatoms. The van der Waals surface area contributed by atoms with Crippen LogP contribution in [0.4, 0.5) is 11.4 Å². The molecule has 0 aliphatic carbocycles. The molecule has 0 bridgehead atoms. The molecule has 0 aliphatic rings. The number of nitrogen functional groups attached to an aromatic ring is 1. The van der Waals surface area contributed by atoms with Gasteiger partial charge >= 0.3 is 0 Å². The summed E-state index contributed by atoms with van der Waals surface area (Å²) in [7, 11) is 0. The molecule has 1 atom stereocenters. The Morgan fingerprint density at radius 1 is 1.29 bits per heavy atom. The van der Waals surface area contributed by atoms with E-state index in [0.717, 1.165) is 17.2 Å². The zero-order chi connectivity index (χ0) is 12.4. The molecule has 0 radical (unpaired) electrons. The molecular formula is C13H15ClN2O. The summed E-state index contributed by atoms with van der Waals surface area (Å²) in [4.78, 5) is 0. The van der Waals surface area contributed by atoms with Gasteiger partial charge in [-0.15, -0.1) is 0 Å². The van der Waals surface area contributed by atoms with Gasteiger partial charge in [-0.25, -0.2) is 0 Å². The largest absolute Gasteiger partial charge is 0.464 e. The molecular weight excluding hydrogens is 236 g/mol. The van der Waals surface area contributed by atoms with Crippen LogP contribution in [-0.4, -0.2) is 0 Å². The van der Waals surface area contributed by atoms with Gasteiger partial charge in [0.05, 0.1) is 16.8 Å². The number of furan rings is 1. The van der Waals surface area contributed by atoms with E-state index in [1.165, 1.54) is 0 Å². The first-order valence-electron chi connectivity index (χ1n) is 5.44. The Morgan fingerprint density at radius 2 is 2.06 bits per heavy atom. The molecule has 0 saturated carbocycles. The third-order valence-corrected chi connectivity index (χ3v) is 2.87. The van der Waals surface area contributed by atoms with E-state index >= 15 is 0 Å². The average Bonchev–Trinajstić information content (AvgIpc) is 2.69. The summed E-state index contributed by atoms with van der Waals surface area (Å²) in [6, 6.07) is 9.36. The summed E-state index contributed by atoms with van der Waals surface area (Å²) in [5.41, 5.74) is 7.15. The molecule has 0 aliphatic heterocycles. The molecule has 2 rings (SSSR count). The predicted molar refractivity (Wildman–Crippen MR) is 71.3 cm³/mol. The Labute approximate surface area is 106 Å². The smallest absolute Gasteiger partial charge is 0.126 e. The Bertz CT molecular complexity index is 522. The van der Waals surface area contributed by atoms with Crippen LogP contribution in [0.5, 0.6) is 0 Å². The lowest BCUT2D eigenvalue weighted by Gasteiger charge is -2.14. The highest BCUT2D eigenvalue weighted by Crippen LogP contribution is 2.28. The topological polar surface area (TPSA) is 51.2 Å². The van der Waals surface area contributed by atoms with Gasteiger partial charge in [0, 0.05) is 5.69 Å². The Balaban J connectivity index is 2.15. The van der Waals surface area contributed by atoms with E-state index in [1.807, 2.05) is 38.1 Å². The number of benzene rings is 1. The third kappa shape index (κ3) is 2.74. The van der Waals surface area contributed by atoms with Gasteiger partial charge in [-0.1, -0.05) is 11.6 Å². The summed E-state index contributed by atoms with van der Waals surface area (Å²) < 4.78 is 5.55. The number of halogens is 1. The number of hydrogen-bond donors (Lipinski definition) is 2. The first kappa shape index (κ1) is 11.9. The SMILES string of the molecule is Cc1ccc(C(C)Nc2ccc(N)cc2Cl)o1. The number of nitrogens with two attached hydrogens (primary N) is 1. The van der Waals surface area contributed by atoms with Crippen LogP contribution in [0.25, 0.3) is 0 Å². The van der Waals surface area contributed by atoms with E-state index in [1.54, 1.807) is 6.07 Å². The van der Waals surface area contributed by atoms with Crippen LogP contribution in [0, 0.1) is 6.92 Å². The molecule has 0 amide bonds. The van der Waals surface area contributed by atoms with Crippen LogP contribution in [0.1, 0.15) is 24.5 Å². The third-order valence-electron chi connectivity index (χ3n) is 2.55. The van der Waals surface area contributed by atoms with E-state index in [2.05, 4.69) is 5.32 Å². The Kier molecular flexibility index (Phi) is 3.29. The van der Waals surface area contributed by atoms with Crippen molar-refractivity contribution in [2.45, 2.75) is 19.9 Å². The minimum atomic E-state index is 0.0600. The van der Waals surface area contributed by atoms with E-state index < -0.39 is 0 Å². The van der Waals surface area contributed by atoms with Crippen molar-refractivity contribution >= 4 is 23.0 Å². The molecule has 3 N–H and O–H groups in total. The van der Waals surface area contributed by atoms with Crippen LogP contribution < -0.4 is 11.1 Å². The summed E-state index contributed by atoms with van der Waals surface area (Å²) in [6.07, 6.45) is 0. The van der Waals surface area contributed by atoms with E-state index in [-0.39, 0.29) is 6.04 Å². The Morgan fingerprint density at radius 3 is 2.65 bits per heavy atom. The molecule has 90 valence electrons. The lowest BCUT2D eigenvalue weighted by Crippen LogP contribution is -2.06. The summed E-state index contributed by atoms with van der Waals surface area (Å²) in [5.74, 6) is 1.78. The number of rotatable bonds is 3. The quantitative estimate of drug-likeness (QED) is 0.810. The maximum Gasteiger partial charge on any atom is 0.126 e. The van der Waals surface area contributed by atoms with Gasteiger partial charge in [0.25, 0.3) is 0 Å². The normalized spacial score (nSPS) is 12.4. The van der Waals surface area contributed by atoms with Crippen molar-refractivity contribution < 1.29 is 4.42 Å². The predicted octanol–water partition coefficient (Wildman–Crippen LogP) is 4.00. The average molecular weight is 251 g/mol. The zero-order valence-electron chi connectivity index (χ0n) is 9.83. The highest BCUT2D eigenvalue weighted by molar-refractivity contribution is 6.33. The molecule has 0 saturated heterocycles. The second-order valence-electron chi connectivity index (χ2n) is 4.05. The number of hydrogen-bond acceptors (Lipinski definition) is 3. The maximum absolute atomic E-state index is 6.09. The lowest BCUT2D eigenvalue weighted by molar-refractivity contribution is 0.467. The van der Waals surface area contributed by atoms with Gasteiger partial charge in [0.2, 0.25) is 0 Å². The fourth-order valence-electron chi connectivity index (χ4n) is 1.64. The standard InChI is InChI=1S/C13H15ClN2O/c1-8-3-6-13(17-8)9(2)16-12-5-4-10(15)7-11(12)14/h3-7,9,16H,15H2,1-2H3. The minimum Gasteiger partial charge on any atom is -0.464 e. The van der Waals surface area contributed by atoms with Crippen LogP contribution >= 0.6 is 11.6 Å². The molecule has 1 aromatic carbocycles. The van der Waals surface area contributed by atoms with E-state index in [4.69, 9.17) is 21.8 Å². The van der Waals surface area contributed by atoms with Gasteiger partial charge in [0.15, 0.2) is 0 Å². The molecule has 3 nitrogen and oxygen atoms in total.